The van der Waals surface area contributed by atoms with Gasteiger partial charge in [0.05, 0.1) is 12.7 Å². The number of nitrogens with one attached hydrogen (secondary N) is 2. The number of benzene rings is 2. The van der Waals surface area contributed by atoms with Crippen LogP contribution in [0, 0.1) is 6.92 Å². The van der Waals surface area contributed by atoms with Gasteiger partial charge in [-0.25, -0.2) is 0 Å². The molecule has 0 bridgehead atoms. The third-order valence-corrected chi connectivity index (χ3v) is 5.35. The monoisotopic (exact) mass is 520 g/mol. The first-order valence-corrected chi connectivity index (χ1v) is 10.3. The molecule has 0 spiro atoms. The summed E-state index contributed by atoms with van der Waals surface area (Å²) in [5, 5.41) is 6.10. The normalized spacial score (nSPS) is 11.6. The Morgan fingerprint density at radius 1 is 1.18 bits per heavy atom. The molecule has 2 aromatic carbocycles. The molecule has 0 aliphatic heterocycles. The van der Waals surface area contributed by atoms with E-state index in [1.807, 2.05) is 0 Å². The molecule has 0 fully saturated rings. The number of aromatic amines is 1. The number of aryl methyl sites for hydroxylation is 1. The maximum atomic E-state index is 13.8. The average molecular weight is 521 g/mol. The second-order valence-corrected chi connectivity index (χ2v) is 8.03. The molecule has 2 N–H and O–H groups in total. The quantitative estimate of drug-likeness (QED) is 0.394. The molecule has 0 saturated carbocycles. The van der Waals surface area contributed by atoms with Gasteiger partial charge < -0.3 is 15.0 Å². The molecule has 0 atom stereocenters. The van der Waals surface area contributed by atoms with Gasteiger partial charge >= 0.3 is 6.18 Å². The minimum absolute atomic E-state index is 0.0952. The second-order valence-electron chi connectivity index (χ2n) is 7.11. The number of carbonyl (C=O) groups is 1. The summed E-state index contributed by atoms with van der Waals surface area (Å²) in [4.78, 5) is 28.8. The van der Waals surface area contributed by atoms with E-state index in [-0.39, 0.29) is 28.0 Å². The van der Waals surface area contributed by atoms with Crippen molar-refractivity contribution in [2.24, 2.45) is 0 Å². The smallest absolute Gasteiger partial charge is 0.435 e. The lowest BCUT2D eigenvalue weighted by molar-refractivity contribution is -0.140. The van der Waals surface area contributed by atoms with Crippen molar-refractivity contribution in [3.8, 4) is 16.9 Å². The molecule has 4 aromatic rings. The van der Waals surface area contributed by atoms with Gasteiger partial charge in [-0.05, 0) is 24.6 Å². The fourth-order valence-electron chi connectivity index (χ4n) is 3.48. The Bertz CT molecular complexity index is 1430. The molecule has 0 saturated heterocycles. The van der Waals surface area contributed by atoms with E-state index in [0.717, 1.165) is 0 Å². The predicted molar refractivity (Wildman–Crippen MR) is 120 cm³/mol. The van der Waals surface area contributed by atoms with Crippen LogP contribution in [-0.4, -0.2) is 27.6 Å². The summed E-state index contributed by atoms with van der Waals surface area (Å²) in [6, 6.07) is 12.6. The predicted octanol–water partition coefficient (Wildman–Crippen LogP) is 5.04. The molecule has 4 rings (SSSR count). The maximum absolute atomic E-state index is 13.8. The molecule has 7 nitrogen and oxygen atoms in total. The van der Waals surface area contributed by atoms with Crippen molar-refractivity contribution in [2.45, 2.75) is 13.1 Å². The lowest BCUT2D eigenvalue weighted by Gasteiger charge is -2.10. The number of anilines is 1. The van der Waals surface area contributed by atoms with E-state index < -0.39 is 23.3 Å². The Morgan fingerprint density at radius 2 is 1.88 bits per heavy atom. The summed E-state index contributed by atoms with van der Waals surface area (Å²) in [7, 11) is 1.45. The highest BCUT2D eigenvalue weighted by Gasteiger charge is 2.39. The molecular weight excluding hydrogens is 505 g/mol. The molecule has 33 heavy (non-hydrogen) atoms. The molecule has 0 radical (unpaired) electrons. The Hall–Kier alpha value is -3.60. The lowest BCUT2D eigenvalue weighted by Crippen LogP contribution is -2.29. The van der Waals surface area contributed by atoms with Crippen LogP contribution in [0.1, 0.15) is 21.7 Å². The number of nitrogens with zero attached hydrogens (tertiary/aromatic N) is 2. The van der Waals surface area contributed by atoms with Crippen LogP contribution in [-0.2, 0) is 6.18 Å². The first kappa shape index (κ1) is 22.6. The fraction of sp³-hybridized carbons (Fsp3) is 0.136. The summed E-state index contributed by atoms with van der Waals surface area (Å²) in [5.41, 5.74) is -2.34. The SMILES string of the molecule is COc1cc(Br)cc(NC(=O)c2c(C)[nH]c3c(-c4ccccc4)c(C(F)(F)F)nn3c2=O)c1. The van der Waals surface area contributed by atoms with Gasteiger partial charge in [-0.3, -0.25) is 9.59 Å². The number of methoxy groups -OCH3 is 1. The number of hydrogen-bond donors (Lipinski definition) is 2. The lowest BCUT2D eigenvalue weighted by atomic mass is 10.1. The van der Waals surface area contributed by atoms with E-state index in [4.69, 9.17) is 4.74 Å². The molecule has 2 heterocycles. The van der Waals surface area contributed by atoms with Crippen molar-refractivity contribution in [1.82, 2.24) is 14.6 Å². The molecule has 2 aromatic heterocycles. The Labute approximate surface area is 193 Å². The number of H-pyrrole nitrogens is 1. The maximum Gasteiger partial charge on any atom is 0.435 e. The van der Waals surface area contributed by atoms with Crippen molar-refractivity contribution in [1.29, 1.82) is 0 Å². The molecule has 11 heteroatoms. The minimum Gasteiger partial charge on any atom is -0.497 e. The van der Waals surface area contributed by atoms with Crippen LogP contribution in [0.3, 0.4) is 0 Å². The number of amides is 1. The van der Waals surface area contributed by atoms with Gasteiger partial charge in [-0.2, -0.15) is 22.8 Å². The molecular formula is C22H16BrF3N4O3. The number of carbonyl (C=O) groups excluding carboxylic acids is 1. The summed E-state index contributed by atoms with van der Waals surface area (Å²) in [6.07, 6.45) is -4.82. The minimum atomic E-state index is -4.82. The van der Waals surface area contributed by atoms with Gasteiger partial charge in [-0.1, -0.05) is 46.3 Å². The van der Waals surface area contributed by atoms with Crippen LogP contribution in [0.2, 0.25) is 0 Å². The number of ether oxygens (including phenoxy) is 1. The van der Waals surface area contributed by atoms with Crippen LogP contribution < -0.4 is 15.6 Å². The number of hydrogen-bond acceptors (Lipinski definition) is 4. The molecule has 0 aliphatic carbocycles. The topological polar surface area (TPSA) is 88.5 Å². The fourth-order valence-corrected chi connectivity index (χ4v) is 3.95. The third kappa shape index (κ3) is 4.23. The van der Waals surface area contributed by atoms with E-state index in [0.29, 0.717) is 20.4 Å². The third-order valence-electron chi connectivity index (χ3n) is 4.90. The Kier molecular flexibility index (Phi) is 5.75. The summed E-state index contributed by atoms with van der Waals surface area (Å²) < 4.78 is 47.7. The van der Waals surface area contributed by atoms with E-state index in [9.17, 15) is 22.8 Å². The average Bonchev–Trinajstić information content (AvgIpc) is 3.14. The van der Waals surface area contributed by atoms with E-state index >= 15 is 0 Å². The van der Waals surface area contributed by atoms with Gasteiger partial charge in [0, 0.05) is 21.9 Å². The van der Waals surface area contributed by atoms with E-state index in [2.05, 4.69) is 31.3 Å². The standard InChI is InChI=1S/C22H16BrF3N4O3/c1-11-16(20(31)28-14-8-13(23)9-15(10-14)33-2)21(32)30-19(27-11)17(12-6-4-3-5-7-12)18(29-30)22(24,25)26/h3-10,27H,1-2H3,(H,28,31). The Balaban J connectivity index is 1.88. The molecule has 0 unspecified atom stereocenters. The van der Waals surface area contributed by atoms with Crippen molar-refractivity contribution in [2.75, 3.05) is 12.4 Å². The van der Waals surface area contributed by atoms with Crippen molar-refractivity contribution in [3.63, 3.8) is 0 Å². The molecule has 1 amide bonds. The van der Waals surface area contributed by atoms with Crippen LogP contribution in [0.5, 0.6) is 5.75 Å². The van der Waals surface area contributed by atoms with Crippen LogP contribution in [0.4, 0.5) is 18.9 Å². The highest BCUT2D eigenvalue weighted by Crippen LogP contribution is 2.38. The van der Waals surface area contributed by atoms with Crippen molar-refractivity contribution < 1.29 is 22.7 Å². The second kappa shape index (κ2) is 8.39. The van der Waals surface area contributed by atoms with Crippen molar-refractivity contribution in [3.05, 3.63) is 80.3 Å². The Morgan fingerprint density at radius 3 is 2.52 bits per heavy atom. The zero-order chi connectivity index (χ0) is 23.9. The summed E-state index contributed by atoms with van der Waals surface area (Å²) in [5.74, 6) is -0.351. The highest BCUT2D eigenvalue weighted by atomic mass is 79.9. The van der Waals surface area contributed by atoms with Crippen LogP contribution >= 0.6 is 15.9 Å². The van der Waals surface area contributed by atoms with Gasteiger partial charge in [0.2, 0.25) is 0 Å². The summed E-state index contributed by atoms with van der Waals surface area (Å²) >= 11 is 3.29. The molecule has 0 aliphatic rings. The van der Waals surface area contributed by atoms with Gasteiger partial charge in [0.25, 0.3) is 11.5 Å². The van der Waals surface area contributed by atoms with Gasteiger partial charge in [0.1, 0.15) is 17.0 Å². The van der Waals surface area contributed by atoms with E-state index in [1.54, 1.807) is 30.3 Å². The molecule has 170 valence electrons. The number of fused-ring (bicyclic) bond motifs is 1. The number of alkyl halides is 3. The van der Waals surface area contributed by atoms with Gasteiger partial charge in [-0.15, -0.1) is 0 Å². The highest BCUT2D eigenvalue weighted by molar-refractivity contribution is 9.10. The first-order chi connectivity index (χ1) is 15.6. The summed E-state index contributed by atoms with van der Waals surface area (Å²) in [6.45, 7) is 1.44. The number of aromatic nitrogens is 3. The number of rotatable bonds is 4. The first-order valence-electron chi connectivity index (χ1n) is 9.54. The zero-order valence-corrected chi connectivity index (χ0v) is 18.8. The van der Waals surface area contributed by atoms with Gasteiger partial charge in [0.15, 0.2) is 5.69 Å². The largest absolute Gasteiger partial charge is 0.497 e. The van der Waals surface area contributed by atoms with Crippen molar-refractivity contribution >= 4 is 33.2 Å². The zero-order valence-electron chi connectivity index (χ0n) is 17.2. The number of halogens is 4. The van der Waals surface area contributed by atoms with Crippen LogP contribution in [0.25, 0.3) is 16.8 Å². The van der Waals surface area contributed by atoms with Crippen LogP contribution in [0.15, 0.2) is 57.8 Å². The van der Waals surface area contributed by atoms with E-state index in [1.165, 1.54) is 32.2 Å².